The summed E-state index contributed by atoms with van der Waals surface area (Å²) >= 11 is 7.35. The number of nitrogens with two attached hydrogens (primary N) is 1. The van der Waals surface area contributed by atoms with Crippen molar-refractivity contribution in [2.75, 3.05) is 12.3 Å². The number of thiophene rings is 1. The van der Waals surface area contributed by atoms with Gasteiger partial charge in [-0.3, -0.25) is 4.57 Å². The lowest BCUT2D eigenvalue weighted by Crippen LogP contribution is -2.44. The fourth-order valence-corrected chi connectivity index (χ4v) is 4.66. The summed E-state index contributed by atoms with van der Waals surface area (Å²) in [5, 5.41) is 37.8. The van der Waals surface area contributed by atoms with Gasteiger partial charge in [0.2, 0.25) is 16.7 Å². The molecule has 4 aromatic rings. The van der Waals surface area contributed by atoms with E-state index >= 15 is 0 Å². The van der Waals surface area contributed by atoms with Gasteiger partial charge >= 0.3 is 5.97 Å². The number of imidazole rings is 1. The normalized spacial score (nSPS) is 22.2. The Morgan fingerprint density at radius 1 is 1.47 bits per heavy atom. The van der Waals surface area contributed by atoms with E-state index in [9.17, 15) is 15.0 Å². The number of aromatic nitrogens is 8. The van der Waals surface area contributed by atoms with Gasteiger partial charge in [-0.05, 0) is 34.0 Å². The Hall–Kier alpha value is -3.24. The number of anilines is 1. The molecule has 0 aromatic carbocycles. The summed E-state index contributed by atoms with van der Waals surface area (Å²) in [6.45, 7) is -0.257. The maximum atomic E-state index is 12.4. The van der Waals surface area contributed by atoms with E-state index in [-0.39, 0.29) is 36.4 Å². The predicted molar refractivity (Wildman–Crippen MR) is 117 cm³/mol. The van der Waals surface area contributed by atoms with Crippen LogP contribution in [0.5, 0.6) is 0 Å². The average molecular weight is 508 g/mol. The van der Waals surface area contributed by atoms with E-state index in [1.54, 1.807) is 16.0 Å². The van der Waals surface area contributed by atoms with Crippen LogP contribution in [0.1, 0.15) is 24.0 Å². The van der Waals surface area contributed by atoms with E-state index in [1.807, 2.05) is 5.38 Å². The third kappa shape index (κ3) is 3.97. The smallest absolute Gasteiger partial charge is 0.344 e. The maximum Gasteiger partial charge on any atom is 0.344 e. The second kappa shape index (κ2) is 8.84. The summed E-state index contributed by atoms with van der Waals surface area (Å²) in [7, 11) is 0. The molecule has 14 nitrogen and oxygen atoms in total. The monoisotopic (exact) mass is 507 g/mol. The number of ether oxygens (including phenoxy) is 2. The summed E-state index contributed by atoms with van der Waals surface area (Å²) in [5.74, 6) is -1.32. The first-order chi connectivity index (χ1) is 16.4. The molecule has 4 aromatic heterocycles. The van der Waals surface area contributed by atoms with Gasteiger partial charge in [-0.25, -0.2) is 9.78 Å². The molecule has 1 aliphatic rings. The van der Waals surface area contributed by atoms with Gasteiger partial charge in [-0.1, -0.05) is 5.21 Å². The van der Waals surface area contributed by atoms with Crippen molar-refractivity contribution in [3.05, 3.63) is 39.8 Å². The summed E-state index contributed by atoms with van der Waals surface area (Å²) in [4.78, 5) is 24.6. The molecule has 0 spiro atoms. The highest BCUT2D eigenvalue weighted by Gasteiger charge is 2.48. The Labute approximate surface area is 199 Å². The lowest BCUT2D eigenvalue weighted by molar-refractivity contribution is -0.177. The molecule has 1 saturated heterocycles. The highest BCUT2D eigenvalue weighted by Crippen LogP contribution is 2.35. The summed E-state index contributed by atoms with van der Waals surface area (Å²) in [6.07, 6.45) is -0.892. The number of aliphatic hydroxyl groups is 1. The molecule has 0 bridgehead atoms. The highest BCUT2D eigenvalue weighted by atomic mass is 35.5. The van der Waals surface area contributed by atoms with Crippen molar-refractivity contribution >= 4 is 45.9 Å². The number of H-pyrrole nitrogens is 1. The predicted octanol–water partition coefficient (Wildman–Crippen LogP) is 0.524. The number of halogens is 1. The number of carbonyl (C=O) groups is 1. The molecule has 178 valence electrons. The number of hydrogen-bond donors (Lipinski definition) is 4. The van der Waals surface area contributed by atoms with E-state index < -0.39 is 30.0 Å². The Bertz CT molecular complexity index is 1300. The SMILES string of the molecule is Nc1nc(Cl)nc2c1ncn2[C@H]1C[C@H](O)[C@@H](COC(Cc2ccsc2)(C(=O)O)c2nn[nH]n2)O1. The van der Waals surface area contributed by atoms with E-state index in [0.29, 0.717) is 11.2 Å². The van der Waals surface area contributed by atoms with Crippen LogP contribution in [0.25, 0.3) is 11.2 Å². The molecule has 0 saturated carbocycles. The van der Waals surface area contributed by atoms with Crippen LogP contribution in [0.2, 0.25) is 5.28 Å². The number of rotatable bonds is 8. The van der Waals surface area contributed by atoms with Crippen molar-refractivity contribution in [3.63, 3.8) is 0 Å². The Kier molecular flexibility index (Phi) is 5.86. The zero-order chi connectivity index (χ0) is 23.9. The molecule has 1 aliphatic heterocycles. The molecule has 0 aliphatic carbocycles. The Morgan fingerprint density at radius 3 is 3.03 bits per heavy atom. The van der Waals surface area contributed by atoms with Crippen molar-refractivity contribution in [2.24, 2.45) is 0 Å². The van der Waals surface area contributed by atoms with Crippen molar-refractivity contribution in [1.82, 2.24) is 40.1 Å². The number of hydrogen-bond acceptors (Lipinski definition) is 12. The molecule has 16 heteroatoms. The Morgan fingerprint density at radius 2 is 2.32 bits per heavy atom. The molecule has 5 heterocycles. The number of fused-ring (bicyclic) bond motifs is 1. The number of aliphatic carboxylic acids is 1. The minimum atomic E-state index is -1.94. The van der Waals surface area contributed by atoms with Crippen molar-refractivity contribution in [3.8, 4) is 0 Å². The molecule has 5 rings (SSSR count). The van der Waals surface area contributed by atoms with Gasteiger partial charge in [0, 0.05) is 12.8 Å². The van der Waals surface area contributed by atoms with Crippen LogP contribution in [0.4, 0.5) is 5.82 Å². The number of nitrogen functional groups attached to an aromatic ring is 1. The number of tetrazole rings is 1. The van der Waals surface area contributed by atoms with Crippen LogP contribution in [0.3, 0.4) is 0 Å². The van der Waals surface area contributed by atoms with Gasteiger partial charge in [0.1, 0.15) is 17.8 Å². The summed E-state index contributed by atoms with van der Waals surface area (Å²) < 4.78 is 13.5. The molecule has 0 radical (unpaired) electrons. The second-order valence-corrected chi connectivity index (χ2v) is 8.74. The fourth-order valence-electron chi connectivity index (χ4n) is 3.82. The number of carboxylic acids is 1. The molecular weight excluding hydrogens is 490 g/mol. The summed E-state index contributed by atoms with van der Waals surface area (Å²) in [6, 6.07) is 1.78. The van der Waals surface area contributed by atoms with Gasteiger partial charge < -0.3 is 25.4 Å². The zero-order valence-electron chi connectivity index (χ0n) is 17.3. The first-order valence-corrected chi connectivity index (χ1v) is 11.3. The van der Waals surface area contributed by atoms with Crippen LogP contribution in [0, 0.1) is 0 Å². The van der Waals surface area contributed by atoms with Crippen molar-refractivity contribution in [1.29, 1.82) is 0 Å². The number of aliphatic hydroxyl groups excluding tert-OH is 1. The standard InChI is InChI=1S/C18H18ClN9O5S/c19-17-22-13(20)12-14(23-17)28(7-21-12)11-3-9(29)10(33-11)5-32-18(16(30)31,15-24-26-27-25-15)4-8-1-2-34-6-8/h1-2,6-7,9-11,29H,3-5H2,(H,30,31)(H2,20,22,23)(H,24,25,26,27)/t9-,10+,11+,18?/m0/s1. The van der Waals surface area contributed by atoms with Crippen LogP contribution >= 0.6 is 22.9 Å². The quantitative estimate of drug-likeness (QED) is 0.241. The largest absolute Gasteiger partial charge is 0.479 e. The topological polar surface area (TPSA) is 200 Å². The van der Waals surface area contributed by atoms with Crippen LogP contribution < -0.4 is 5.73 Å². The van der Waals surface area contributed by atoms with E-state index in [4.69, 9.17) is 26.8 Å². The number of carboxylic acid groups (broad SMARTS) is 1. The number of aromatic amines is 1. The lowest BCUT2D eigenvalue weighted by atomic mass is 9.94. The van der Waals surface area contributed by atoms with Gasteiger partial charge in [-0.2, -0.15) is 26.5 Å². The van der Waals surface area contributed by atoms with Gasteiger partial charge in [0.25, 0.3) is 0 Å². The second-order valence-electron chi connectivity index (χ2n) is 7.62. The lowest BCUT2D eigenvalue weighted by Gasteiger charge is -2.28. The zero-order valence-corrected chi connectivity index (χ0v) is 18.8. The minimum Gasteiger partial charge on any atom is -0.479 e. The van der Waals surface area contributed by atoms with E-state index in [0.717, 1.165) is 5.56 Å². The molecule has 1 unspecified atom stereocenters. The third-order valence-electron chi connectivity index (χ3n) is 5.51. The molecule has 1 fully saturated rings. The van der Waals surface area contributed by atoms with Crippen molar-refractivity contribution in [2.45, 2.75) is 36.9 Å². The van der Waals surface area contributed by atoms with E-state index in [1.165, 1.54) is 17.7 Å². The van der Waals surface area contributed by atoms with Crippen LogP contribution in [-0.4, -0.2) is 75.1 Å². The Balaban J connectivity index is 1.38. The first kappa shape index (κ1) is 22.5. The summed E-state index contributed by atoms with van der Waals surface area (Å²) in [5.41, 5.74) is 5.33. The molecule has 0 amide bonds. The van der Waals surface area contributed by atoms with Crippen LogP contribution in [0.15, 0.2) is 23.2 Å². The van der Waals surface area contributed by atoms with Gasteiger partial charge in [0.05, 0.1) is 19.0 Å². The third-order valence-corrected chi connectivity index (χ3v) is 6.42. The maximum absolute atomic E-state index is 12.4. The van der Waals surface area contributed by atoms with Crippen LogP contribution in [-0.2, 0) is 26.3 Å². The number of nitrogens with zero attached hydrogens (tertiary/aromatic N) is 7. The number of nitrogens with one attached hydrogen (secondary N) is 1. The highest BCUT2D eigenvalue weighted by molar-refractivity contribution is 7.07. The fraction of sp³-hybridized carbons (Fsp3) is 0.389. The minimum absolute atomic E-state index is 0.0432. The molecule has 34 heavy (non-hydrogen) atoms. The molecule has 5 N–H and O–H groups in total. The first-order valence-electron chi connectivity index (χ1n) is 9.99. The van der Waals surface area contributed by atoms with Crippen molar-refractivity contribution < 1.29 is 24.5 Å². The average Bonchev–Trinajstić information content (AvgIpc) is 3.58. The van der Waals surface area contributed by atoms with Gasteiger partial charge in [-0.15, -0.1) is 10.2 Å². The molecule has 4 atom stereocenters. The molecular formula is C18H18ClN9O5S. The van der Waals surface area contributed by atoms with E-state index in [2.05, 4.69) is 35.6 Å². The van der Waals surface area contributed by atoms with Gasteiger partial charge in [0.15, 0.2) is 11.5 Å².